The highest BCUT2D eigenvalue weighted by molar-refractivity contribution is 7.71. The van der Waals surface area contributed by atoms with Gasteiger partial charge in [0.05, 0.1) is 0 Å². The van der Waals surface area contributed by atoms with Gasteiger partial charge in [-0.25, -0.2) is 0 Å². The Bertz CT molecular complexity index is 712. The normalized spacial score (nSPS) is 13.0. The quantitative estimate of drug-likeness (QED) is 0.614. The van der Waals surface area contributed by atoms with E-state index in [-0.39, 0.29) is 5.56 Å². The van der Waals surface area contributed by atoms with Crippen LogP contribution < -0.4 is 5.56 Å². The summed E-state index contributed by atoms with van der Waals surface area (Å²) in [5.74, 6) is 0. The van der Waals surface area contributed by atoms with E-state index < -0.39 is 0 Å². The summed E-state index contributed by atoms with van der Waals surface area (Å²) in [6.07, 6.45) is 1.47. The van der Waals surface area contributed by atoms with Crippen LogP contribution in [0.3, 0.4) is 0 Å². The molecule has 0 unspecified atom stereocenters. The number of benzene rings is 1. The fourth-order valence-electron chi connectivity index (χ4n) is 2.33. The van der Waals surface area contributed by atoms with Crippen molar-refractivity contribution >= 4 is 12.2 Å². The van der Waals surface area contributed by atoms with E-state index in [4.69, 9.17) is 12.2 Å². The lowest BCUT2D eigenvalue weighted by Crippen LogP contribution is -2.28. The minimum Gasteiger partial charge on any atom is -0.335 e. The van der Waals surface area contributed by atoms with Crippen LogP contribution in [0.2, 0.25) is 0 Å². The molecule has 1 aromatic carbocycles. The molecule has 3 nitrogen and oxygen atoms in total. The van der Waals surface area contributed by atoms with Gasteiger partial charge in [-0.2, -0.15) is 0 Å². The van der Waals surface area contributed by atoms with E-state index in [0.717, 1.165) is 17.7 Å². The molecule has 0 radical (unpaired) electrons. The van der Waals surface area contributed by atoms with Crippen molar-refractivity contribution < 1.29 is 0 Å². The minimum atomic E-state index is 0.0262. The molecular formula is C13H12N2OS. The summed E-state index contributed by atoms with van der Waals surface area (Å²) in [5.41, 5.74) is 4.36. The maximum absolute atomic E-state index is 12.1. The molecule has 1 aromatic heterocycles. The van der Waals surface area contributed by atoms with Crippen LogP contribution in [0.4, 0.5) is 0 Å². The summed E-state index contributed by atoms with van der Waals surface area (Å²) in [7, 11) is 1.71. The first-order valence-electron chi connectivity index (χ1n) is 5.54. The summed E-state index contributed by atoms with van der Waals surface area (Å²) < 4.78 is 2.00. The first kappa shape index (κ1) is 10.5. The smallest absolute Gasteiger partial charge is 0.257 e. The third kappa shape index (κ3) is 1.56. The number of hydrogen-bond acceptors (Lipinski definition) is 2. The van der Waals surface area contributed by atoms with Crippen LogP contribution in [-0.2, 0) is 19.9 Å². The van der Waals surface area contributed by atoms with E-state index in [1.165, 1.54) is 15.7 Å². The maximum Gasteiger partial charge on any atom is 0.257 e. The van der Waals surface area contributed by atoms with Gasteiger partial charge in [0.25, 0.3) is 5.56 Å². The van der Waals surface area contributed by atoms with Gasteiger partial charge in [-0.05, 0) is 23.3 Å². The van der Waals surface area contributed by atoms with E-state index in [9.17, 15) is 4.79 Å². The van der Waals surface area contributed by atoms with E-state index in [1.54, 1.807) is 7.05 Å². The molecule has 86 valence electrons. The highest BCUT2D eigenvalue weighted by Gasteiger charge is 2.18. The fourth-order valence-corrected chi connectivity index (χ4v) is 2.53. The number of rotatable bonds is 0. The first-order chi connectivity index (χ1) is 8.16. The van der Waals surface area contributed by atoms with Crippen molar-refractivity contribution in [2.45, 2.75) is 12.8 Å². The lowest BCUT2D eigenvalue weighted by Gasteiger charge is -2.19. The zero-order valence-corrected chi connectivity index (χ0v) is 10.3. The van der Waals surface area contributed by atoms with Crippen molar-refractivity contribution in [1.29, 1.82) is 0 Å². The summed E-state index contributed by atoms with van der Waals surface area (Å²) in [4.78, 5) is 15.3. The maximum atomic E-state index is 12.1. The van der Waals surface area contributed by atoms with Gasteiger partial charge in [-0.15, -0.1) is 0 Å². The fraction of sp³-hybridized carbons (Fsp3) is 0.231. The zero-order chi connectivity index (χ0) is 12.0. The van der Waals surface area contributed by atoms with E-state index in [0.29, 0.717) is 11.2 Å². The Kier molecular flexibility index (Phi) is 2.26. The van der Waals surface area contributed by atoms with Crippen molar-refractivity contribution in [3.05, 3.63) is 61.8 Å². The number of nitrogens with zero attached hydrogens (tertiary/aromatic N) is 1. The largest absolute Gasteiger partial charge is 0.335 e. The van der Waals surface area contributed by atoms with E-state index in [2.05, 4.69) is 17.1 Å². The molecule has 1 heterocycles. The van der Waals surface area contributed by atoms with Gasteiger partial charge < -0.3 is 4.98 Å². The van der Waals surface area contributed by atoms with Gasteiger partial charge in [0.2, 0.25) is 0 Å². The lowest BCUT2D eigenvalue weighted by atomic mass is 9.90. The third-order valence-corrected chi connectivity index (χ3v) is 3.72. The molecule has 0 spiro atoms. The predicted molar refractivity (Wildman–Crippen MR) is 68.9 cm³/mol. The summed E-state index contributed by atoms with van der Waals surface area (Å²) in [6.45, 7) is 0. The number of aromatic nitrogens is 2. The van der Waals surface area contributed by atoms with Crippen LogP contribution in [0.1, 0.15) is 22.4 Å². The van der Waals surface area contributed by atoms with Crippen molar-refractivity contribution in [2.24, 2.45) is 7.05 Å². The number of aromatic amines is 1. The van der Waals surface area contributed by atoms with Crippen molar-refractivity contribution in [3.8, 4) is 0 Å². The van der Waals surface area contributed by atoms with Crippen LogP contribution in [0.5, 0.6) is 0 Å². The van der Waals surface area contributed by atoms with Gasteiger partial charge in [0, 0.05) is 31.1 Å². The number of hydrogen-bond donors (Lipinski definition) is 1. The molecule has 1 aliphatic carbocycles. The van der Waals surface area contributed by atoms with Crippen LogP contribution in [0, 0.1) is 4.77 Å². The van der Waals surface area contributed by atoms with Crippen LogP contribution in [0.25, 0.3) is 0 Å². The van der Waals surface area contributed by atoms with Crippen LogP contribution in [0.15, 0.2) is 29.1 Å². The number of nitrogens with one attached hydrogen (secondary N) is 1. The molecule has 1 aliphatic rings. The Labute approximate surface area is 104 Å². The number of H-pyrrole nitrogens is 1. The second-order valence-electron chi connectivity index (χ2n) is 4.37. The molecule has 0 amide bonds. The van der Waals surface area contributed by atoms with Gasteiger partial charge in [-0.3, -0.25) is 9.36 Å². The first-order valence-corrected chi connectivity index (χ1v) is 5.95. The Hall–Kier alpha value is -1.68. The standard InChI is InChI=1S/C13H12N2OS/c1-15-12(16)10-6-8-4-2-3-5-9(8)7-11(10)14-13(15)17/h2-5H,6-7H2,1H3,(H,14,17). The molecule has 0 saturated heterocycles. The van der Waals surface area contributed by atoms with Gasteiger partial charge >= 0.3 is 0 Å². The molecule has 0 bridgehead atoms. The zero-order valence-electron chi connectivity index (χ0n) is 9.49. The molecule has 0 fully saturated rings. The average molecular weight is 244 g/mol. The highest BCUT2D eigenvalue weighted by Crippen LogP contribution is 2.23. The van der Waals surface area contributed by atoms with Gasteiger partial charge in [0.1, 0.15) is 0 Å². The Morgan fingerprint density at radius 1 is 1.24 bits per heavy atom. The lowest BCUT2D eigenvalue weighted by molar-refractivity contribution is 0.753. The number of fused-ring (bicyclic) bond motifs is 2. The van der Waals surface area contributed by atoms with Gasteiger partial charge in [-0.1, -0.05) is 24.3 Å². The average Bonchev–Trinajstić information content (AvgIpc) is 2.34. The summed E-state index contributed by atoms with van der Waals surface area (Å²) in [6, 6.07) is 8.23. The van der Waals surface area contributed by atoms with Crippen molar-refractivity contribution in [3.63, 3.8) is 0 Å². The molecule has 2 aromatic rings. The van der Waals surface area contributed by atoms with E-state index in [1.807, 2.05) is 12.1 Å². The molecular weight excluding hydrogens is 232 g/mol. The monoisotopic (exact) mass is 244 g/mol. The second kappa shape index (κ2) is 3.67. The molecule has 0 atom stereocenters. The molecule has 3 rings (SSSR count). The molecule has 1 N–H and O–H groups in total. The topological polar surface area (TPSA) is 37.8 Å². The predicted octanol–water partition coefficient (Wildman–Crippen LogP) is 1.94. The van der Waals surface area contributed by atoms with Crippen molar-refractivity contribution in [2.75, 3.05) is 0 Å². The van der Waals surface area contributed by atoms with Gasteiger partial charge in [0.15, 0.2) is 4.77 Å². The Morgan fingerprint density at radius 2 is 1.88 bits per heavy atom. The molecule has 4 heteroatoms. The minimum absolute atomic E-state index is 0.0262. The Morgan fingerprint density at radius 3 is 2.59 bits per heavy atom. The highest BCUT2D eigenvalue weighted by atomic mass is 32.1. The molecule has 17 heavy (non-hydrogen) atoms. The van der Waals surface area contributed by atoms with Crippen LogP contribution in [-0.4, -0.2) is 9.55 Å². The third-order valence-electron chi connectivity index (χ3n) is 3.34. The van der Waals surface area contributed by atoms with Crippen LogP contribution >= 0.6 is 12.2 Å². The SMILES string of the molecule is Cn1c(=S)[nH]c2c(c1=O)Cc1ccccc1C2. The summed E-state index contributed by atoms with van der Waals surface area (Å²) >= 11 is 5.13. The molecule has 0 aliphatic heterocycles. The second-order valence-corrected chi connectivity index (χ2v) is 4.76. The molecule has 0 saturated carbocycles. The van der Waals surface area contributed by atoms with E-state index >= 15 is 0 Å². The van der Waals surface area contributed by atoms with Crippen molar-refractivity contribution in [1.82, 2.24) is 9.55 Å². The summed E-state index contributed by atoms with van der Waals surface area (Å²) in [5, 5.41) is 0. The Balaban J connectivity index is 2.25.